The highest BCUT2D eigenvalue weighted by molar-refractivity contribution is 6.02. The first-order valence-corrected chi connectivity index (χ1v) is 9.42. The number of aromatic amines is 1. The molecule has 1 aliphatic rings. The van der Waals surface area contributed by atoms with E-state index in [0.717, 1.165) is 5.52 Å². The van der Waals surface area contributed by atoms with Crippen LogP contribution in [0.3, 0.4) is 0 Å². The van der Waals surface area contributed by atoms with Gasteiger partial charge in [-0.1, -0.05) is 30.3 Å². The molecule has 150 valence electrons. The van der Waals surface area contributed by atoms with Gasteiger partial charge in [-0.15, -0.1) is 0 Å². The Morgan fingerprint density at radius 2 is 1.93 bits per heavy atom. The predicted octanol–water partition coefficient (Wildman–Crippen LogP) is 2.41. The molecule has 0 unspecified atom stereocenters. The first kappa shape index (κ1) is 18.8. The summed E-state index contributed by atoms with van der Waals surface area (Å²) in [5.74, 6) is 0.406. The minimum Gasteiger partial charge on any atom is -0.486 e. The van der Waals surface area contributed by atoms with Crippen LogP contribution in [0.25, 0.3) is 10.9 Å². The van der Waals surface area contributed by atoms with E-state index in [1.807, 2.05) is 49.4 Å². The lowest BCUT2D eigenvalue weighted by Crippen LogP contribution is -2.45. The standard InChI is InChI=1S/C21H21N3O5/c1-2-24(11-14-12-27-17-9-5-6-10-18(17)29-14)19(25)13-28-21(26)20-15-7-3-4-8-16(15)22-23-20/h3-10,14H,2,11-13H2,1H3,(H,22,23)/t14-/m0/s1. The molecular weight excluding hydrogens is 374 g/mol. The van der Waals surface area contributed by atoms with Gasteiger partial charge in [-0.05, 0) is 25.1 Å². The number of aromatic nitrogens is 2. The molecule has 29 heavy (non-hydrogen) atoms. The number of H-pyrrole nitrogens is 1. The average molecular weight is 395 g/mol. The number of amides is 1. The molecule has 1 atom stereocenters. The van der Waals surface area contributed by atoms with Gasteiger partial charge in [-0.25, -0.2) is 4.79 Å². The molecule has 0 spiro atoms. The van der Waals surface area contributed by atoms with Crippen LogP contribution in [0.1, 0.15) is 17.4 Å². The quantitative estimate of drug-likeness (QED) is 0.644. The van der Waals surface area contributed by atoms with Crippen molar-refractivity contribution < 1.29 is 23.8 Å². The molecule has 8 heteroatoms. The molecule has 0 fully saturated rings. The summed E-state index contributed by atoms with van der Waals surface area (Å²) < 4.78 is 16.8. The van der Waals surface area contributed by atoms with Gasteiger partial charge in [0.1, 0.15) is 6.61 Å². The summed E-state index contributed by atoms with van der Waals surface area (Å²) in [5.41, 5.74) is 0.896. The molecule has 2 aromatic carbocycles. The Labute approximate surface area is 167 Å². The van der Waals surface area contributed by atoms with Gasteiger partial charge < -0.3 is 19.1 Å². The number of carbonyl (C=O) groups is 2. The van der Waals surface area contributed by atoms with Gasteiger partial charge in [0.05, 0.1) is 12.1 Å². The summed E-state index contributed by atoms with van der Waals surface area (Å²) in [4.78, 5) is 26.5. The Balaban J connectivity index is 1.34. The molecule has 0 radical (unpaired) electrons. The third-order valence-electron chi connectivity index (χ3n) is 4.72. The van der Waals surface area contributed by atoms with E-state index in [9.17, 15) is 9.59 Å². The molecule has 1 amide bonds. The van der Waals surface area contributed by atoms with Gasteiger partial charge in [0, 0.05) is 11.9 Å². The van der Waals surface area contributed by atoms with Crippen LogP contribution < -0.4 is 9.47 Å². The molecule has 8 nitrogen and oxygen atoms in total. The van der Waals surface area contributed by atoms with Crippen LogP contribution in [0.15, 0.2) is 48.5 Å². The van der Waals surface area contributed by atoms with Crippen LogP contribution in [-0.2, 0) is 9.53 Å². The van der Waals surface area contributed by atoms with Crippen molar-refractivity contribution >= 4 is 22.8 Å². The molecule has 1 aromatic heterocycles. The number of rotatable bonds is 6. The lowest BCUT2D eigenvalue weighted by molar-refractivity contribution is -0.135. The highest BCUT2D eigenvalue weighted by Gasteiger charge is 2.25. The molecule has 1 N–H and O–H groups in total. The second-order valence-corrected chi connectivity index (χ2v) is 6.62. The number of ether oxygens (including phenoxy) is 3. The van der Waals surface area contributed by atoms with E-state index >= 15 is 0 Å². The highest BCUT2D eigenvalue weighted by atomic mass is 16.6. The van der Waals surface area contributed by atoms with Crippen molar-refractivity contribution in [3.63, 3.8) is 0 Å². The van der Waals surface area contributed by atoms with Crippen molar-refractivity contribution in [2.45, 2.75) is 13.0 Å². The zero-order valence-electron chi connectivity index (χ0n) is 16.0. The molecule has 4 rings (SSSR count). The van der Waals surface area contributed by atoms with E-state index in [-0.39, 0.29) is 24.3 Å². The average Bonchev–Trinajstić information content (AvgIpc) is 3.19. The van der Waals surface area contributed by atoms with Crippen LogP contribution in [0.4, 0.5) is 0 Å². The number of para-hydroxylation sites is 3. The number of carbonyl (C=O) groups excluding carboxylic acids is 2. The number of nitrogens with one attached hydrogen (secondary N) is 1. The van der Waals surface area contributed by atoms with Gasteiger partial charge >= 0.3 is 5.97 Å². The van der Waals surface area contributed by atoms with E-state index < -0.39 is 5.97 Å². The fourth-order valence-corrected chi connectivity index (χ4v) is 3.21. The Kier molecular flexibility index (Phi) is 5.33. The molecule has 0 saturated carbocycles. The smallest absolute Gasteiger partial charge is 0.359 e. The molecule has 2 heterocycles. The summed E-state index contributed by atoms with van der Waals surface area (Å²) >= 11 is 0. The van der Waals surface area contributed by atoms with Crippen molar-refractivity contribution in [3.05, 3.63) is 54.2 Å². The minimum absolute atomic E-state index is 0.164. The number of hydrogen-bond acceptors (Lipinski definition) is 6. The Hall–Kier alpha value is -3.55. The maximum Gasteiger partial charge on any atom is 0.359 e. The molecule has 1 aliphatic heterocycles. The Bertz CT molecular complexity index is 1030. The molecule has 0 aliphatic carbocycles. The number of benzene rings is 2. The van der Waals surface area contributed by atoms with Crippen LogP contribution in [0, 0.1) is 0 Å². The predicted molar refractivity (Wildman–Crippen MR) is 105 cm³/mol. The number of esters is 1. The van der Waals surface area contributed by atoms with Crippen LogP contribution in [0.5, 0.6) is 11.5 Å². The van der Waals surface area contributed by atoms with Crippen LogP contribution >= 0.6 is 0 Å². The maximum atomic E-state index is 12.6. The summed E-state index contributed by atoms with van der Waals surface area (Å²) in [6.07, 6.45) is -0.292. The van der Waals surface area contributed by atoms with Gasteiger partial charge in [0.15, 0.2) is 29.9 Å². The van der Waals surface area contributed by atoms with Crippen molar-refractivity contribution in [2.24, 2.45) is 0 Å². The second-order valence-electron chi connectivity index (χ2n) is 6.62. The molecule has 0 bridgehead atoms. The summed E-state index contributed by atoms with van der Waals surface area (Å²) in [5, 5.41) is 7.42. The van der Waals surface area contributed by atoms with Gasteiger partial charge in [-0.2, -0.15) is 5.10 Å². The second kappa shape index (κ2) is 8.22. The van der Waals surface area contributed by atoms with Gasteiger partial charge in [0.2, 0.25) is 0 Å². The maximum absolute atomic E-state index is 12.6. The number of likely N-dealkylation sites (N-methyl/N-ethyl adjacent to an activating group) is 1. The number of hydrogen-bond donors (Lipinski definition) is 1. The van der Waals surface area contributed by atoms with Gasteiger partial charge in [0.25, 0.3) is 5.91 Å². The largest absolute Gasteiger partial charge is 0.486 e. The molecular formula is C21H21N3O5. The van der Waals surface area contributed by atoms with Crippen molar-refractivity contribution in [3.8, 4) is 11.5 Å². The van der Waals surface area contributed by atoms with E-state index in [1.54, 1.807) is 11.0 Å². The lowest BCUT2D eigenvalue weighted by atomic mass is 10.2. The van der Waals surface area contributed by atoms with E-state index in [0.29, 0.717) is 36.6 Å². The van der Waals surface area contributed by atoms with E-state index in [4.69, 9.17) is 14.2 Å². The number of fused-ring (bicyclic) bond motifs is 2. The third kappa shape index (κ3) is 4.01. The Morgan fingerprint density at radius 1 is 1.17 bits per heavy atom. The molecule has 3 aromatic rings. The van der Waals surface area contributed by atoms with Crippen LogP contribution in [-0.4, -0.2) is 59.4 Å². The summed E-state index contributed by atoms with van der Waals surface area (Å²) in [6, 6.07) is 14.6. The van der Waals surface area contributed by atoms with Crippen molar-refractivity contribution in [1.29, 1.82) is 0 Å². The third-order valence-corrected chi connectivity index (χ3v) is 4.72. The van der Waals surface area contributed by atoms with E-state index in [2.05, 4.69) is 10.2 Å². The normalized spacial score (nSPS) is 15.1. The fraction of sp³-hybridized carbons (Fsp3) is 0.286. The zero-order valence-corrected chi connectivity index (χ0v) is 16.0. The fourth-order valence-electron chi connectivity index (χ4n) is 3.21. The summed E-state index contributed by atoms with van der Waals surface area (Å²) in [7, 11) is 0. The van der Waals surface area contributed by atoms with Crippen molar-refractivity contribution in [1.82, 2.24) is 15.1 Å². The Morgan fingerprint density at radius 3 is 2.76 bits per heavy atom. The monoisotopic (exact) mass is 395 g/mol. The lowest BCUT2D eigenvalue weighted by Gasteiger charge is -2.30. The van der Waals surface area contributed by atoms with Crippen molar-refractivity contribution in [2.75, 3.05) is 26.3 Å². The van der Waals surface area contributed by atoms with Crippen LogP contribution in [0.2, 0.25) is 0 Å². The minimum atomic E-state index is -0.641. The highest BCUT2D eigenvalue weighted by Crippen LogP contribution is 2.31. The zero-order chi connectivity index (χ0) is 20.2. The first-order chi connectivity index (χ1) is 14.2. The molecule has 0 saturated heterocycles. The van der Waals surface area contributed by atoms with Gasteiger partial charge in [-0.3, -0.25) is 9.89 Å². The topological polar surface area (TPSA) is 93.8 Å². The van der Waals surface area contributed by atoms with E-state index in [1.165, 1.54) is 0 Å². The number of nitrogens with zero attached hydrogens (tertiary/aromatic N) is 2. The first-order valence-electron chi connectivity index (χ1n) is 9.42. The summed E-state index contributed by atoms with van der Waals surface area (Å²) in [6.45, 7) is 2.65. The SMILES string of the molecule is CCN(C[C@H]1COc2ccccc2O1)C(=O)COC(=O)c1n[nH]c2ccccc12.